The maximum atomic E-state index is 5.73. The van der Waals surface area contributed by atoms with Crippen molar-refractivity contribution in [2.24, 2.45) is 16.3 Å². The highest BCUT2D eigenvalue weighted by Gasteiger charge is 2.15. The SMILES string of the molecule is CCNC(=NCCCOCC1CCOC1)NC(C)CCC(C)(C)C.I. The van der Waals surface area contributed by atoms with Gasteiger partial charge in [0.15, 0.2) is 5.96 Å². The van der Waals surface area contributed by atoms with Crippen LogP contribution in [0.2, 0.25) is 0 Å². The summed E-state index contributed by atoms with van der Waals surface area (Å²) in [5.41, 5.74) is 0.382. The Labute approximate surface area is 172 Å². The molecule has 0 saturated carbocycles. The van der Waals surface area contributed by atoms with E-state index in [2.05, 4.69) is 50.2 Å². The Hall–Kier alpha value is -0.0800. The van der Waals surface area contributed by atoms with Gasteiger partial charge in [0.1, 0.15) is 0 Å². The van der Waals surface area contributed by atoms with Crippen LogP contribution < -0.4 is 10.6 Å². The van der Waals surface area contributed by atoms with Crippen molar-refractivity contribution >= 4 is 29.9 Å². The Kier molecular flexibility index (Phi) is 14.0. The minimum absolute atomic E-state index is 0. The molecule has 2 N–H and O–H groups in total. The highest BCUT2D eigenvalue weighted by atomic mass is 127. The Bertz CT molecular complexity index is 353. The lowest BCUT2D eigenvalue weighted by atomic mass is 9.89. The van der Waals surface area contributed by atoms with E-state index in [0.717, 1.165) is 64.7 Å². The number of rotatable bonds is 10. The molecule has 6 heteroatoms. The smallest absolute Gasteiger partial charge is 0.191 e. The van der Waals surface area contributed by atoms with Crippen molar-refractivity contribution in [2.45, 2.75) is 66.3 Å². The van der Waals surface area contributed by atoms with E-state index in [9.17, 15) is 0 Å². The van der Waals surface area contributed by atoms with Crippen LogP contribution in [-0.2, 0) is 9.47 Å². The summed E-state index contributed by atoms with van der Waals surface area (Å²) in [6.45, 7) is 16.2. The molecule has 0 radical (unpaired) electrons. The quantitative estimate of drug-likeness (QED) is 0.221. The summed E-state index contributed by atoms with van der Waals surface area (Å²) in [4.78, 5) is 4.66. The summed E-state index contributed by atoms with van der Waals surface area (Å²) < 4.78 is 11.1. The monoisotopic (exact) mass is 469 g/mol. The van der Waals surface area contributed by atoms with Crippen molar-refractivity contribution in [3.8, 4) is 0 Å². The minimum Gasteiger partial charge on any atom is -0.381 e. The first-order valence-electron chi connectivity index (χ1n) is 9.61. The molecule has 1 fully saturated rings. The maximum Gasteiger partial charge on any atom is 0.191 e. The molecule has 5 nitrogen and oxygen atoms in total. The summed E-state index contributed by atoms with van der Waals surface area (Å²) in [5, 5.41) is 6.84. The first-order valence-corrected chi connectivity index (χ1v) is 9.61. The van der Waals surface area contributed by atoms with Crippen LogP contribution in [0.3, 0.4) is 0 Å². The van der Waals surface area contributed by atoms with Gasteiger partial charge in [-0.2, -0.15) is 0 Å². The highest BCUT2D eigenvalue weighted by molar-refractivity contribution is 14.0. The number of aliphatic imine (C=N–C) groups is 1. The van der Waals surface area contributed by atoms with Gasteiger partial charge in [0.25, 0.3) is 0 Å². The normalized spacial score (nSPS) is 19.4. The molecule has 2 unspecified atom stereocenters. The second-order valence-electron chi connectivity index (χ2n) is 8.06. The molecule has 1 saturated heterocycles. The lowest BCUT2D eigenvalue weighted by molar-refractivity contribution is 0.0893. The van der Waals surface area contributed by atoms with Crippen LogP contribution in [0.5, 0.6) is 0 Å². The highest BCUT2D eigenvalue weighted by Crippen LogP contribution is 2.21. The van der Waals surface area contributed by atoms with Gasteiger partial charge >= 0.3 is 0 Å². The number of guanidine groups is 1. The molecule has 0 aromatic rings. The molecular formula is C19H40IN3O2. The summed E-state index contributed by atoms with van der Waals surface area (Å²) in [5.74, 6) is 1.51. The largest absolute Gasteiger partial charge is 0.381 e. The van der Waals surface area contributed by atoms with Gasteiger partial charge in [-0.1, -0.05) is 20.8 Å². The Morgan fingerprint density at radius 1 is 1.36 bits per heavy atom. The fraction of sp³-hybridized carbons (Fsp3) is 0.947. The van der Waals surface area contributed by atoms with E-state index >= 15 is 0 Å². The first-order chi connectivity index (χ1) is 11.4. The van der Waals surface area contributed by atoms with Gasteiger partial charge in [-0.25, -0.2) is 0 Å². The van der Waals surface area contributed by atoms with E-state index < -0.39 is 0 Å². The summed E-state index contributed by atoms with van der Waals surface area (Å²) in [6, 6.07) is 0.431. The fourth-order valence-corrected chi connectivity index (χ4v) is 2.60. The predicted molar refractivity (Wildman–Crippen MR) is 117 cm³/mol. The lowest BCUT2D eigenvalue weighted by Gasteiger charge is -2.23. The van der Waals surface area contributed by atoms with Gasteiger partial charge in [-0.15, -0.1) is 24.0 Å². The molecule has 150 valence electrons. The van der Waals surface area contributed by atoms with Crippen molar-refractivity contribution < 1.29 is 9.47 Å². The summed E-state index contributed by atoms with van der Waals surface area (Å²) in [7, 11) is 0. The number of halogens is 1. The molecule has 0 aliphatic carbocycles. The fourth-order valence-electron chi connectivity index (χ4n) is 2.60. The predicted octanol–water partition coefficient (Wildman–Crippen LogP) is 3.82. The maximum absolute atomic E-state index is 5.73. The molecule has 25 heavy (non-hydrogen) atoms. The molecule has 1 heterocycles. The molecule has 0 spiro atoms. The number of nitrogens with zero attached hydrogens (tertiary/aromatic N) is 1. The third kappa shape index (κ3) is 13.7. The van der Waals surface area contributed by atoms with Crippen molar-refractivity contribution in [1.82, 2.24) is 10.6 Å². The van der Waals surface area contributed by atoms with Crippen LogP contribution in [0.4, 0.5) is 0 Å². The van der Waals surface area contributed by atoms with Crippen molar-refractivity contribution in [1.29, 1.82) is 0 Å². The van der Waals surface area contributed by atoms with Crippen LogP contribution in [0.1, 0.15) is 60.3 Å². The van der Waals surface area contributed by atoms with Gasteiger partial charge in [-0.05, 0) is 44.9 Å². The Morgan fingerprint density at radius 3 is 2.72 bits per heavy atom. The first kappa shape index (κ1) is 24.9. The average molecular weight is 469 g/mol. The van der Waals surface area contributed by atoms with Crippen LogP contribution in [-0.4, -0.2) is 51.5 Å². The molecular weight excluding hydrogens is 429 g/mol. The van der Waals surface area contributed by atoms with Gasteiger partial charge in [0.05, 0.1) is 13.2 Å². The molecule has 1 aliphatic heterocycles. The lowest BCUT2D eigenvalue weighted by Crippen LogP contribution is -2.42. The van der Waals surface area contributed by atoms with Crippen LogP contribution in [0.25, 0.3) is 0 Å². The number of nitrogens with one attached hydrogen (secondary N) is 2. The minimum atomic E-state index is 0. The molecule has 0 aromatic heterocycles. The van der Waals surface area contributed by atoms with E-state index in [4.69, 9.17) is 9.47 Å². The molecule has 1 rings (SSSR count). The van der Waals surface area contributed by atoms with E-state index in [1.165, 1.54) is 6.42 Å². The van der Waals surface area contributed by atoms with Gasteiger partial charge in [-0.3, -0.25) is 4.99 Å². The topological polar surface area (TPSA) is 54.9 Å². The van der Waals surface area contributed by atoms with Crippen LogP contribution >= 0.6 is 24.0 Å². The van der Waals surface area contributed by atoms with Crippen molar-refractivity contribution in [3.05, 3.63) is 0 Å². The molecule has 0 aromatic carbocycles. The molecule has 1 aliphatic rings. The van der Waals surface area contributed by atoms with E-state index in [-0.39, 0.29) is 24.0 Å². The number of hydrogen-bond acceptors (Lipinski definition) is 3. The summed E-state index contributed by atoms with van der Waals surface area (Å²) in [6.07, 6.45) is 4.46. The van der Waals surface area contributed by atoms with Crippen molar-refractivity contribution in [3.63, 3.8) is 0 Å². The molecule has 0 bridgehead atoms. The molecule has 2 atom stereocenters. The third-order valence-corrected chi connectivity index (χ3v) is 4.15. The van der Waals surface area contributed by atoms with Gasteiger partial charge in [0.2, 0.25) is 0 Å². The zero-order chi connectivity index (χ0) is 17.8. The van der Waals surface area contributed by atoms with E-state index in [1.54, 1.807) is 0 Å². The average Bonchev–Trinajstić information content (AvgIpc) is 3.01. The molecule has 0 amide bonds. The number of hydrogen-bond donors (Lipinski definition) is 2. The van der Waals surface area contributed by atoms with E-state index in [1.807, 2.05) is 0 Å². The number of ether oxygens (including phenoxy) is 2. The summed E-state index contributed by atoms with van der Waals surface area (Å²) >= 11 is 0. The van der Waals surface area contributed by atoms with E-state index in [0.29, 0.717) is 17.4 Å². The van der Waals surface area contributed by atoms with Crippen LogP contribution in [0.15, 0.2) is 4.99 Å². The standard InChI is InChI=1S/C19H39N3O2.HI/c1-6-20-18(22-16(2)8-10-19(3,4)5)21-11-7-12-23-14-17-9-13-24-15-17;/h16-17H,6-15H2,1-5H3,(H2,20,21,22);1H. The van der Waals surface area contributed by atoms with Crippen molar-refractivity contribution in [2.75, 3.05) is 39.5 Å². The second-order valence-corrected chi connectivity index (χ2v) is 8.06. The Morgan fingerprint density at radius 2 is 2.12 bits per heavy atom. The Balaban J connectivity index is 0.00000576. The van der Waals surface area contributed by atoms with Gasteiger partial charge < -0.3 is 20.1 Å². The third-order valence-electron chi connectivity index (χ3n) is 4.15. The zero-order valence-electron chi connectivity index (χ0n) is 16.9. The van der Waals surface area contributed by atoms with Gasteiger partial charge in [0, 0.05) is 38.3 Å². The van der Waals surface area contributed by atoms with Crippen LogP contribution in [0, 0.1) is 11.3 Å². The zero-order valence-corrected chi connectivity index (χ0v) is 19.2. The second kappa shape index (κ2) is 14.0.